The maximum Gasteiger partial charge on any atom is 0.255 e. The summed E-state index contributed by atoms with van der Waals surface area (Å²) >= 11 is 0. The summed E-state index contributed by atoms with van der Waals surface area (Å²) in [6, 6.07) is 3.00. The maximum absolute atomic E-state index is 13.0. The Hall–Kier alpha value is -1.64. The lowest BCUT2D eigenvalue weighted by Gasteiger charge is -2.28. The van der Waals surface area contributed by atoms with Gasteiger partial charge in [0.25, 0.3) is 5.91 Å². The lowest BCUT2D eigenvalue weighted by atomic mass is 9.94. The van der Waals surface area contributed by atoms with E-state index in [9.17, 15) is 13.2 Å². The van der Waals surface area contributed by atoms with Crippen LogP contribution >= 0.6 is 0 Å². The van der Waals surface area contributed by atoms with Gasteiger partial charge in [-0.15, -0.1) is 0 Å². The molecular formula is C18H27N3O4S. The highest BCUT2D eigenvalue weighted by molar-refractivity contribution is 7.89. The van der Waals surface area contributed by atoms with Crippen molar-refractivity contribution in [2.75, 3.05) is 6.54 Å². The van der Waals surface area contributed by atoms with Crippen molar-refractivity contribution < 1.29 is 17.9 Å². The number of primary sulfonamides is 1. The molecule has 7 nitrogen and oxygen atoms in total. The number of carbonyl (C=O) groups excluding carboxylic acids is 1. The summed E-state index contributed by atoms with van der Waals surface area (Å²) in [4.78, 5) is 13.0. The van der Waals surface area contributed by atoms with Gasteiger partial charge in [-0.2, -0.15) is 0 Å². The minimum absolute atomic E-state index is 0.0439. The number of ether oxygens (including phenoxy) is 1. The zero-order chi connectivity index (χ0) is 19.1. The Morgan fingerprint density at radius 3 is 2.69 bits per heavy atom. The molecule has 0 bridgehead atoms. The van der Waals surface area contributed by atoms with Gasteiger partial charge in [-0.25, -0.2) is 13.6 Å². The summed E-state index contributed by atoms with van der Waals surface area (Å²) in [5.74, 6) is 0.376. The van der Waals surface area contributed by atoms with Gasteiger partial charge in [0.05, 0.1) is 10.5 Å². The molecule has 0 aromatic heterocycles. The average molecular weight is 381 g/mol. The summed E-state index contributed by atoms with van der Waals surface area (Å²) in [5, 5.41) is 11.8. The number of hydrogen-bond acceptors (Lipinski definition) is 5. The highest BCUT2D eigenvalue weighted by Crippen LogP contribution is 2.35. The highest BCUT2D eigenvalue weighted by Gasteiger charge is 2.32. The Bertz CT molecular complexity index is 801. The number of fused-ring (bicyclic) bond motifs is 1. The molecular weight excluding hydrogens is 354 g/mol. The molecule has 1 fully saturated rings. The van der Waals surface area contributed by atoms with E-state index in [2.05, 4.69) is 24.5 Å². The summed E-state index contributed by atoms with van der Waals surface area (Å²) in [6.07, 6.45) is 2.54. The third-order valence-electron chi connectivity index (χ3n) is 5.09. The molecule has 4 N–H and O–H groups in total. The van der Waals surface area contributed by atoms with E-state index < -0.39 is 10.0 Å². The second kappa shape index (κ2) is 7.17. The molecule has 0 saturated carbocycles. The smallest absolute Gasteiger partial charge is 0.255 e. The molecule has 3 atom stereocenters. The largest absolute Gasteiger partial charge is 0.489 e. The van der Waals surface area contributed by atoms with Crippen molar-refractivity contribution in [3.8, 4) is 5.75 Å². The van der Waals surface area contributed by atoms with Crippen LogP contribution in [0.15, 0.2) is 17.0 Å². The average Bonchev–Trinajstić information content (AvgIpc) is 3.18. The first-order valence-electron chi connectivity index (χ1n) is 9.07. The molecule has 0 spiro atoms. The van der Waals surface area contributed by atoms with Crippen molar-refractivity contribution in [2.24, 2.45) is 11.1 Å². The lowest BCUT2D eigenvalue weighted by Crippen LogP contribution is -2.50. The van der Waals surface area contributed by atoms with Crippen LogP contribution in [0, 0.1) is 5.92 Å². The fraction of sp³-hybridized carbons (Fsp3) is 0.611. The first kappa shape index (κ1) is 19.1. The van der Waals surface area contributed by atoms with E-state index in [1.54, 1.807) is 0 Å². The van der Waals surface area contributed by atoms with Crippen LogP contribution in [0.4, 0.5) is 0 Å². The van der Waals surface area contributed by atoms with Crippen LogP contribution in [0.25, 0.3) is 0 Å². The SMILES string of the molecule is CC1Cc2cc(S(N)(=O)=O)cc(C(=O)NC(C(C)C)C3CCCN3)c2O1. The quantitative estimate of drug-likeness (QED) is 0.709. The predicted molar refractivity (Wildman–Crippen MR) is 98.7 cm³/mol. The van der Waals surface area contributed by atoms with Crippen molar-refractivity contribution in [1.29, 1.82) is 0 Å². The summed E-state index contributed by atoms with van der Waals surface area (Å²) < 4.78 is 29.4. The zero-order valence-corrected chi connectivity index (χ0v) is 16.2. The number of amides is 1. The fourth-order valence-corrected chi connectivity index (χ4v) is 4.40. The van der Waals surface area contributed by atoms with E-state index >= 15 is 0 Å². The van der Waals surface area contributed by atoms with Crippen LogP contribution in [0.2, 0.25) is 0 Å². The molecule has 0 radical (unpaired) electrons. The Morgan fingerprint density at radius 2 is 2.12 bits per heavy atom. The minimum Gasteiger partial charge on any atom is -0.489 e. The number of hydrogen-bond donors (Lipinski definition) is 3. The van der Waals surface area contributed by atoms with Gasteiger partial charge < -0.3 is 15.4 Å². The number of rotatable bonds is 5. The standard InChI is InChI=1S/C18H27N3O4S/c1-10(2)16(15-5-4-6-20-15)21-18(22)14-9-13(26(19,23)24)8-12-7-11(3)25-17(12)14/h8-11,15-16,20H,4-7H2,1-3H3,(H,21,22)(H2,19,23,24). The second-order valence-corrected chi connectivity index (χ2v) is 9.14. The van der Waals surface area contributed by atoms with Crippen molar-refractivity contribution in [3.05, 3.63) is 23.3 Å². The van der Waals surface area contributed by atoms with Crippen LogP contribution in [0.3, 0.4) is 0 Å². The molecule has 2 aliphatic heterocycles. The molecule has 3 unspecified atom stereocenters. The van der Waals surface area contributed by atoms with E-state index in [0.29, 0.717) is 17.7 Å². The molecule has 1 aromatic carbocycles. The molecule has 2 heterocycles. The third-order valence-corrected chi connectivity index (χ3v) is 5.98. The van der Waals surface area contributed by atoms with Crippen LogP contribution < -0.4 is 20.5 Å². The van der Waals surface area contributed by atoms with E-state index in [1.807, 2.05) is 6.92 Å². The van der Waals surface area contributed by atoms with Gasteiger partial charge in [0, 0.05) is 18.5 Å². The van der Waals surface area contributed by atoms with Gasteiger partial charge in [-0.1, -0.05) is 13.8 Å². The number of carbonyl (C=O) groups is 1. The van der Waals surface area contributed by atoms with Crippen molar-refractivity contribution in [1.82, 2.24) is 10.6 Å². The molecule has 26 heavy (non-hydrogen) atoms. The number of nitrogens with one attached hydrogen (secondary N) is 2. The molecule has 8 heteroatoms. The third kappa shape index (κ3) is 3.87. The molecule has 144 valence electrons. The van der Waals surface area contributed by atoms with Gasteiger partial charge in [0.15, 0.2) is 0 Å². The normalized spacial score (nSPS) is 23.6. The number of benzene rings is 1. The van der Waals surface area contributed by atoms with Crippen LogP contribution in [-0.4, -0.2) is 39.1 Å². The summed E-state index contributed by atoms with van der Waals surface area (Å²) in [5.41, 5.74) is 0.939. The maximum atomic E-state index is 13.0. The molecule has 1 saturated heterocycles. The second-order valence-electron chi connectivity index (χ2n) is 7.58. The monoisotopic (exact) mass is 381 g/mol. The van der Waals surface area contributed by atoms with E-state index in [0.717, 1.165) is 19.4 Å². The molecule has 1 amide bonds. The Labute approximate surface area is 154 Å². The van der Waals surface area contributed by atoms with Crippen molar-refractivity contribution >= 4 is 15.9 Å². The molecule has 0 aliphatic carbocycles. The minimum atomic E-state index is -3.91. The first-order chi connectivity index (χ1) is 12.2. The van der Waals surface area contributed by atoms with Crippen LogP contribution in [-0.2, 0) is 16.4 Å². The first-order valence-corrected chi connectivity index (χ1v) is 10.6. The summed E-state index contributed by atoms with van der Waals surface area (Å²) in [7, 11) is -3.91. The lowest BCUT2D eigenvalue weighted by molar-refractivity contribution is 0.0909. The predicted octanol–water partition coefficient (Wildman–Crippen LogP) is 1.16. The van der Waals surface area contributed by atoms with Crippen molar-refractivity contribution in [3.63, 3.8) is 0 Å². The Kier molecular flexibility index (Phi) is 5.28. The molecule has 3 rings (SSSR count). The number of nitrogens with two attached hydrogens (primary N) is 1. The van der Waals surface area contributed by atoms with Gasteiger partial charge in [0.1, 0.15) is 11.9 Å². The van der Waals surface area contributed by atoms with Gasteiger partial charge >= 0.3 is 0 Å². The van der Waals surface area contributed by atoms with Crippen LogP contribution in [0.5, 0.6) is 5.75 Å². The molecule has 1 aromatic rings. The van der Waals surface area contributed by atoms with E-state index in [4.69, 9.17) is 9.88 Å². The Morgan fingerprint density at radius 1 is 1.38 bits per heavy atom. The molecule has 2 aliphatic rings. The van der Waals surface area contributed by atoms with Gasteiger partial charge in [-0.3, -0.25) is 4.79 Å². The number of sulfonamides is 1. The fourth-order valence-electron chi connectivity index (χ4n) is 3.82. The van der Waals surface area contributed by atoms with Crippen LogP contribution in [0.1, 0.15) is 49.5 Å². The topological polar surface area (TPSA) is 111 Å². The van der Waals surface area contributed by atoms with Gasteiger partial charge in [-0.05, 0) is 49.9 Å². The van der Waals surface area contributed by atoms with Crippen molar-refractivity contribution in [2.45, 2.75) is 63.1 Å². The zero-order valence-electron chi connectivity index (χ0n) is 15.4. The van der Waals surface area contributed by atoms with E-state index in [1.165, 1.54) is 12.1 Å². The van der Waals surface area contributed by atoms with Gasteiger partial charge in [0.2, 0.25) is 10.0 Å². The Balaban J connectivity index is 1.94. The highest BCUT2D eigenvalue weighted by atomic mass is 32.2. The summed E-state index contributed by atoms with van der Waals surface area (Å²) in [6.45, 7) is 6.96. The van der Waals surface area contributed by atoms with E-state index in [-0.39, 0.29) is 40.5 Å².